The van der Waals surface area contributed by atoms with Gasteiger partial charge in [0.1, 0.15) is 5.75 Å². The highest BCUT2D eigenvalue weighted by Gasteiger charge is 2.41. The van der Waals surface area contributed by atoms with Crippen LogP contribution in [0.4, 0.5) is 0 Å². The molecule has 1 aliphatic heterocycles. The van der Waals surface area contributed by atoms with E-state index in [1.807, 2.05) is 30.5 Å². The smallest absolute Gasteiger partial charge is 0.170 e. The molecule has 2 atom stereocenters. The van der Waals surface area contributed by atoms with E-state index in [1.54, 1.807) is 7.11 Å². The third-order valence-electron chi connectivity index (χ3n) is 7.16. The van der Waals surface area contributed by atoms with Gasteiger partial charge in [0.25, 0.3) is 0 Å². The summed E-state index contributed by atoms with van der Waals surface area (Å²) in [5, 5.41) is 4.33. The van der Waals surface area contributed by atoms with Crippen molar-refractivity contribution in [3.63, 3.8) is 0 Å². The van der Waals surface area contributed by atoms with Crippen LogP contribution in [-0.2, 0) is 6.54 Å². The highest BCUT2D eigenvalue weighted by atomic mass is 32.1. The van der Waals surface area contributed by atoms with Crippen molar-refractivity contribution in [3.8, 4) is 11.4 Å². The zero-order chi connectivity index (χ0) is 25.4. The molecular formula is C30H32N4OS. The summed E-state index contributed by atoms with van der Waals surface area (Å²) in [4.78, 5) is 7.01. The van der Waals surface area contributed by atoms with Crippen molar-refractivity contribution in [1.82, 2.24) is 19.8 Å². The highest BCUT2D eigenvalue weighted by molar-refractivity contribution is 7.80. The molecule has 36 heavy (non-hydrogen) atoms. The quantitative estimate of drug-likeness (QED) is 0.318. The van der Waals surface area contributed by atoms with Crippen LogP contribution in [0.15, 0.2) is 72.9 Å². The number of pyridine rings is 1. The fraction of sp³-hybridized carbons (Fsp3) is 0.267. The third kappa shape index (κ3) is 4.26. The first-order valence-corrected chi connectivity index (χ1v) is 12.7. The Hall–Kier alpha value is -3.64. The number of aryl methyl sites for hydroxylation is 3. The molecule has 0 radical (unpaired) electrons. The summed E-state index contributed by atoms with van der Waals surface area (Å²) >= 11 is 5.92. The lowest BCUT2D eigenvalue weighted by molar-refractivity contribution is 0.310. The summed E-state index contributed by atoms with van der Waals surface area (Å²) in [6.45, 7) is 9.46. The normalized spacial score (nSPS) is 17.4. The van der Waals surface area contributed by atoms with Gasteiger partial charge in [-0.2, -0.15) is 0 Å². The molecule has 0 saturated carbocycles. The van der Waals surface area contributed by atoms with E-state index in [0.717, 1.165) is 16.6 Å². The van der Waals surface area contributed by atoms with Gasteiger partial charge >= 0.3 is 0 Å². The lowest BCUT2D eigenvalue weighted by Crippen LogP contribution is -2.29. The zero-order valence-electron chi connectivity index (χ0n) is 21.4. The summed E-state index contributed by atoms with van der Waals surface area (Å²) < 4.78 is 7.75. The number of benzene rings is 2. The van der Waals surface area contributed by atoms with Gasteiger partial charge in [-0.1, -0.05) is 36.4 Å². The summed E-state index contributed by atoms with van der Waals surface area (Å²) in [5.74, 6) is 0.848. The third-order valence-corrected chi connectivity index (χ3v) is 7.51. The van der Waals surface area contributed by atoms with E-state index in [-0.39, 0.29) is 12.1 Å². The molecule has 1 aliphatic rings. The zero-order valence-corrected chi connectivity index (χ0v) is 22.3. The van der Waals surface area contributed by atoms with E-state index in [2.05, 4.69) is 84.9 Å². The molecule has 4 aromatic rings. The minimum absolute atomic E-state index is 0.00113. The standard InChI is InChI=1S/C30H32N4OS/c1-19-9-8-10-20(2)28(19)34-21(3)17-25(22(34)4)29-27(26-11-6-7-16-31-26)32-30(36)33(29)18-23-12-14-24(35-5)15-13-23/h6-17,27,29H,18H2,1-5H3,(H,32,36)/t27-,29+/m0/s1. The number of nitrogens with one attached hydrogen (secondary N) is 1. The number of ether oxygens (including phenoxy) is 1. The molecule has 1 fully saturated rings. The minimum atomic E-state index is -0.0520. The monoisotopic (exact) mass is 496 g/mol. The van der Waals surface area contributed by atoms with Gasteiger partial charge in [0.15, 0.2) is 5.11 Å². The van der Waals surface area contributed by atoms with Crippen LogP contribution in [0.5, 0.6) is 5.75 Å². The second-order valence-electron chi connectivity index (χ2n) is 9.50. The molecular weight excluding hydrogens is 464 g/mol. The number of aromatic nitrogens is 2. The molecule has 6 heteroatoms. The van der Waals surface area contributed by atoms with Crippen molar-refractivity contribution in [1.29, 1.82) is 0 Å². The SMILES string of the molecule is COc1ccc(CN2C(=S)N[C@@H](c3ccccn3)[C@H]2c2cc(C)n(-c3c(C)cccc3C)c2C)cc1. The Balaban J connectivity index is 1.62. The van der Waals surface area contributed by atoms with Crippen molar-refractivity contribution in [3.05, 3.63) is 112 Å². The predicted molar refractivity (Wildman–Crippen MR) is 149 cm³/mol. The Kier molecular flexibility index (Phi) is 6.54. The lowest BCUT2D eigenvalue weighted by Gasteiger charge is -2.28. The average molecular weight is 497 g/mol. The van der Waals surface area contributed by atoms with Gasteiger partial charge in [0.05, 0.1) is 30.6 Å². The second kappa shape index (κ2) is 9.78. The molecule has 2 aromatic heterocycles. The molecule has 1 N–H and O–H groups in total. The van der Waals surface area contributed by atoms with Gasteiger partial charge in [-0.05, 0) is 92.5 Å². The van der Waals surface area contributed by atoms with Crippen LogP contribution in [-0.4, -0.2) is 26.7 Å². The number of nitrogens with zero attached hydrogens (tertiary/aromatic N) is 3. The van der Waals surface area contributed by atoms with E-state index in [0.29, 0.717) is 6.54 Å². The maximum Gasteiger partial charge on any atom is 0.170 e. The van der Waals surface area contributed by atoms with Gasteiger partial charge in [-0.15, -0.1) is 0 Å². The van der Waals surface area contributed by atoms with Crippen molar-refractivity contribution >= 4 is 17.3 Å². The summed E-state index contributed by atoms with van der Waals surface area (Å²) in [6.07, 6.45) is 1.85. The Morgan fingerprint density at radius 2 is 1.67 bits per heavy atom. The molecule has 3 heterocycles. The van der Waals surface area contributed by atoms with Crippen LogP contribution in [0.3, 0.4) is 0 Å². The van der Waals surface area contributed by atoms with Crippen molar-refractivity contribution in [2.75, 3.05) is 7.11 Å². The van der Waals surface area contributed by atoms with Crippen LogP contribution < -0.4 is 10.1 Å². The molecule has 2 aromatic carbocycles. The first-order chi connectivity index (χ1) is 17.4. The molecule has 0 amide bonds. The second-order valence-corrected chi connectivity index (χ2v) is 9.89. The lowest BCUT2D eigenvalue weighted by atomic mass is 9.96. The van der Waals surface area contributed by atoms with E-state index in [9.17, 15) is 0 Å². The predicted octanol–water partition coefficient (Wildman–Crippen LogP) is 6.29. The van der Waals surface area contributed by atoms with Gasteiger partial charge < -0.3 is 19.5 Å². The Morgan fingerprint density at radius 3 is 2.31 bits per heavy atom. The average Bonchev–Trinajstić information content (AvgIpc) is 3.35. The largest absolute Gasteiger partial charge is 0.497 e. The minimum Gasteiger partial charge on any atom is -0.497 e. The van der Waals surface area contributed by atoms with Gasteiger partial charge in [-0.25, -0.2) is 0 Å². The molecule has 1 saturated heterocycles. The Morgan fingerprint density at radius 1 is 0.944 bits per heavy atom. The maximum absolute atomic E-state index is 5.92. The van der Waals surface area contributed by atoms with E-state index in [1.165, 1.54) is 39.3 Å². The van der Waals surface area contributed by atoms with Crippen LogP contribution in [0.25, 0.3) is 5.69 Å². The number of para-hydroxylation sites is 1. The first kappa shape index (κ1) is 24.1. The fourth-order valence-corrected chi connectivity index (χ4v) is 5.74. The Bertz CT molecular complexity index is 1370. The van der Waals surface area contributed by atoms with Crippen LogP contribution in [0.2, 0.25) is 0 Å². The first-order valence-electron chi connectivity index (χ1n) is 12.3. The number of hydrogen-bond donors (Lipinski definition) is 1. The van der Waals surface area contributed by atoms with Crippen LogP contribution in [0, 0.1) is 27.7 Å². The number of hydrogen-bond acceptors (Lipinski definition) is 3. The fourth-order valence-electron chi connectivity index (χ4n) is 5.43. The maximum atomic E-state index is 5.92. The van der Waals surface area contributed by atoms with E-state index >= 15 is 0 Å². The number of methoxy groups -OCH3 is 1. The molecule has 184 valence electrons. The number of rotatable bonds is 6. The topological polar surface area (TPSA) is 42.3 Å². The van der Waals surface area contributed by atoms with E-state index in [4.69, 9.17) is 21.9 Å². The van der Waals surface area contributed by atoms with Crippen molar-refractivity contribution in [2.45, 2.75) is 46.3 Å². The molecule has 5 rings (SSSR count). The molecule has 0 bridgehead atoms. The van der Waals surface area contributed by atoms with Crippen LogP contribution >= 0.6 is 12.2 Å². The molecule has 0 spiro atoms. The van der Waals surface area contributed by atoms with E-state index < -0.39 is 0 Å². The molecule has 0 aliphatic carbocycles. The van der Waals surface area contributed by atoms with Gasteiger partial charge in [0.2, 0.25) is 0 Å². The molecule has 0 unspecified atom stereocenters. The summed E-state index contributed by atoms with van der Waals surface area (Å²) in [7, 11) is 1.69. The Labute approximate surface area is 218 Å². The van der Waals surface area contributed by atoms with Gasteiger partial charge in [-0.3, -0.25) is 4.98 Å². The van der Waals surface area contributed by atoms with Crippen molar-refractivity contribution < 1.29 is 4.74 Å². The summed E-state index contributed by atoms with van der Waals surface area (Å²) in [6, 6.07) is 23.0. The number of thiocarbonyl (C=S) groups is 1. The van der Waals surface area contributed by atoms with Crippen molar-refractivity contribution in [2.24, 2.45) is 0 Å². The molecule has 5 nitrogen and oxygen atoms in total. The highest BCUT2D eigenvalue weighted by Crippen LogP contribution is 2.42. The summed E-state index contributed by atoms with van der Waals surface area (Å²) in [5.41, 5.74) is 9.63. The van der Waals surface area contributed by atoms with Gasteiger partial charge in [0, 0.05) is 24.1 Å². The van der Waals surface area contributed by atoms with Crippen LogP contribution in [0.1, 0.15) is 51.4 Å².